The summed E-state index contributed by atoms with van der Waals surface area (Å²) in [7, 11) is 3.02. The van der Waals surface area contributed by atoms with Gasteiger partial charge in [-0.05, 0) is 18.4 Å². The minimum atomic E-state index is -0.468. The minimum absolute atomic E-state index is 0.0519. The maximum atomic E-state index is 12.7. The Kier molecular flexibility index (Phi) is 5.50. The SMILES string of the molecule is Cn1c(=O)c2c(nc(SCC(N)=O)n2CCCc2ccccc2)n(C)c1=O. The van der Waals surface area contributed by atoms with Crippen molar-refractivity contribution in [2.75, 3.05) is 5.75 Å². The average Bonchev–Trinajstić information content (AvgIpc) is 3.02. The molecule has 1 aromatic carbocycles. The van der Waals surface area contributed by atoms with Crippen molar-refractivity contribution in [2.45, 2.75) is 24.5 Å². The van der Waals surface area contributed by atoms with E-state index >= 15 is 0 Å². The first-order chi connectivity index (χ1) is 12.9. The summed E-state index contributed by atoms with van der Waals surface area (Å²) in [6, 6.07) is 10.0. The molecular formula is C18H21N5O3S. The van der Waals surface area contributed by atoms with Crippen LogP contribution in [0, 0.1) is 0 Å². The standard InChI is InChI=1S/C18H21N5O3S/c1-21-15-14(16(25)22(2)18(21)26)23(17(20-15)27-11-13(19)24)10-6-9-12-7-4-3-5-8-12/h3-5,7-8H,6,9-11H2,1-2H3,(H2,19,24). The van der Waals surface area contributed by atoms with Crippen LogP contribution in [-0.4, -0.2) is 30.3 Å². The van der Waals surface area contributed by atoms with Gasteiger partial charge in [0.2, 0.25) is 5.91 Å². The lowest BCUT2D eigenvalue weighted by Crippen LogP contribution is -2.37. The number of amides is 1. The second-order valence-corrected chi connectivity index (χ2v) is 7.21. The molecule has 142 valence electrons. The fourth-order valence-corrected chi connectivity index (χ4v) is 3.73. The van der Waals surface area contributed by atoms with E-state index in [0.717, 1.165) is 17.4 Å². The van der Waals surface area contributed by atoms with Gasteiger partial charge in [0, 0.05) is 20.6 Å². The molecule has 0 bridgehead atoms. The molecule has 0 aliphatic heterocycles. The van der Waals surface area contributed by atoms with Gasteiger partial charge in [0.1, 0.15) is 0 Å². The zero-order chi connectivity index (χ0) is 19.6. The first-order valence-electron chi connectivity index (χ1n) is 8.51. The summed E-state index contributed by atoms with van der Waals surface area (Å²) in [5, 5.41) is 0.509. The zero-order valence-corrected chi connectivity index (χ0v) is 16.0. The highest BCUT2D eigenvalue weighted by atomic mass is 32.2. The summed E-state index contributed by atoms with van der Waals surface area (Å²) in [6.45, 7) is 0.542. The fourth-order valence-electron chi connectivity index (χ4n) is 2.97. The molecule has 3 aromatic rings. The Morgan fingerprint density at radius 1 is 1.15 bits per heavy atom. The van der Waals surface area contributed by atoms with Crippen LogP contribution in [0.3, 0.4) is 0 Å². The van der Waals surface area contributed by atoms with Gasteiger partial charge in [0.25, 0.3) is 5.56 Å². The van der Waals surface area contributed by atoms with Crippen molar-refractivity contribution in [1.82, 2.24) is 18.7 Å². The first kappa shape index (κ1) is 19.0. The number of fused-ring (bicyclic) bond motifs is 1. The molecular weight excluding hydrogens is 366 g/mol. The van der Waals surface area contributed by atoms with Crippen LogP contribution in [0.2, 0.25) is 0 Å². The molecule has 0 spiro atoms. The second-order valence-electron chi connectivity index (χ2n) is 6.27. The topological polar surface area (TPSA) is 105 Å². The third-order valence-electron chi connectivity index (χ3n) is 4.35. The minimum Gasteiger partial charge on any atom is -0.369 e. The predicted molar refractivity (Wildman–Crippen MR) is 105 cm³/mol. The quantitative estimate of drug-likeness (QED) is 0.599. The van der Waals surface area contributed by atoms with Crippen LogP contribution in [0.1, 0.15) is 12.0 Å². The number of nitrogens with zero attached hydrogens (tertiary/aromatic N) is 4. The molecule has 0 saturated carbocycles. The van der Waals surface area contributed by atoms with Crippen LogP contribution in [0.15, 0.2) is 45.1 Å². The Hall–Kier alpha value is -2.81. The molecule has 8 nitrogen and oxygen atoms in total. The molecule has 0 radical (unpaired) electrons. The molecule has 0 aliphatic rings. The molecule has 0 unspecified atom stereocenters. The third kappa shape index (κ3) is 3.82. The average molecular weight is 387 g/mol. The molecule has 1 amide bonds. The van der Waals surface area contributed by atoms with Crippen LogP contribution < -0.4 is 17.0 Å². The third-order valence-corrected chi connectivity index (χ3v) is 5.35. The smallest absolute Gasteiger partial charge is 0.332 e. The summed E-state index contributed by atoms with van der Waals surface area (Å²) in [4.78, 5) is 40.5. The number of primary amides is 1. The van der Waals surface area contributed by atoms with Crippen molar-refractivity contribution in [3.8, 4) is 0 Å². The number of aryl methyl sites for hydroxylation is 3. The monoisotopic (exact) mass is 387 g/mol. The Morgan fingerprint density at radius 3 is 2.52 bits per heavy atom. The van der Waals surface area contributed by atoms with Gasteiger partial charge in [-0.3, -0.25) is 18.7 Å². The van der Waals surface area contributed by atoms with Crippen molar-refractivity contribution in [1.29, 1.82) is 0 Å². The Bertz CT molecular complexity index is 1100. The number of aromatic nitrogens is 4. The number of hydrogen-bond acceptors (Lipinski definition) is 5. The highest BCUT2D eigenvalue weighted by Gasteiger charge is 2.19. The van der Waals surface area contributed by atoms with E-state index in [1.807, 2.05) is 18.2 Å². The van der Waals surface area contributed by atoms with E-state index in [1.54, 1.807) is 11.6 Å². The number of thioether (sulfide) groups is 1. The normalized spacial score (nSPS) is 11.2. The number of carbonyl (C=O) groups is 1. The molecule has 2 aromatic heterocycles. The van der Waals surface area contributed by atoms with Gasteiger partial charge in [-0.25, -0.2) is 9.78 Å². The second kappa shape index (κ2) is 7.83. The Morgan fingerprint density at radius 2 is 1.85 bits per heavy atom. The zero-order valence-electron chi connectivity index (χ0n) is 15.2. The predicted octanol–water partition coefficient (Wildman–Crippen LogP) is 0.644. The highest BCUT2D eigenvalue weighted by Crippen LogP contribution is 2.22. The maximum Gasteiger partial charge on any atom is 0.332 e. The summed E-state index contributed by atoms with van der Waals surface area (Å²) in [5.74, 6) is -0.416. The summed E-state index contributed by atoms with van der Waals surface area (Å²) < 4.78 is 4.20. The van der Waals surface area contributed by atoms with Gasteiger partial charge in [-0.1, -0.05) is 42.1 Å². The van der Waals surface area contributed by atoms with Crippen LogP contribution in [-0.2, 0) is 31.9 Å². The molecule has 0 saturated heterocycles. The lowest BCUT2D eigenvalue weighted by Gasteiger charge is -2.09. The van der Waals surface area contributed by atoms with Crippen molar-refractivity contribution in [3.05, 3.63) is 56.7 Å². The summed E-state index contributed by atoms with van der Waals surface area (Å²) >= 11 is 1.17. The highest BCUT2D eigenvalue weighted by molar-refractivity contribution is 7.99. The fraction of sp³-hybridized carbons (Fsp3) is 0.333. The number of nitrogens with two attached hydrogens (primary N) is 1. The van der Waals surface area contributed by atoms with Gasteiger partial charge in [-0.15, -0.1) is 0 Å². The van der Waals surface area contributed by atoms with Gasteiger partial charge < -0.3 is 10.3 Å². The van der Waals surface area contributed by atoms with E-state index < -0.39 is 17.2 Å². The van der Waals surface area contributed by atoms with Crippen LogP contribution >= 0.6 is 11.8 Å². The van der Waals surface area contributed by atoms with Crippen molar-refractivity contribution >= 4 is 28.8 Å². The Labute approximate surface area is 159 Å². The largest absolute Gasteiger partial charge is 0.369 e. The molecule has 2 heterocycles. The van der Waals surface area contributed by atoms with E-state index in [-0.39, 0.29) is 5.75 Å². The van der Waals surface area contributed by atoms with E-state index in [4.69, 9.17) is 5.73 Å². The molecule has 0 fully saturated rings. The van der Waals surface area contributed by atoms with E-state index in [9.17, 15) is 14.4 Å². The van der Waals surface area contributed by atoms with Crippen molar-refractivity contribution < 1.29 is 4.79 Å². The van der Waals surface area contributed by atoms with Gasteiger partial charge in [0.05, 0.1) is 5.75 Å². The molecule has 27 heavy (non-hydrogen) atoms. The van der Waals surface area contributed by atoms with Crippen LogP contribution in [0.5, 0.6) is 0 Å². The number of benzene rings is 1. The number of imidazole rings is 1. The van der Waals surface area contributed by atoms with Gasteiger partial charge in [0.15, 0.2) is 16.3 Å². The summed E-state index contributed by atoms with van der Waals surface area (Å²) in [6.07, 6.45) is 1.62. The first-order valence-corrected chi connectivity index (χ1v) is 9.50. The Balaban J connectivity index is 2.01. The van der Waals surface area contributed by atoms with Crippen molar-refractivity contribution in [2.24, 2.45) is 19.8 Å². The molecule has 3 rings (SSSR count). The van der Waals surface area contributed by atoms with Gasteiger partial charge in [-0.2, -0.15) is 0 Å². The lowest BCUT2D eigenvalue weighted by atomic mass is 10.1. The van der Waals surface area contributed by atoms with E-state index in [2.05, 4.69) is 17.1 Å². The number of carbonyl (C=O) groups excluding carboxylic acids is 1. The molecule has 0 aliphatic carbocycles. The van der Waals surface area contributed by atoms with E-state index in [0.29, 0.717) is 22.9 Å². The van der Waals surface area contributed by atoms with E-state index in [1.165, 1.54) is 28.9 Å². The maximum absolute atomic E-state index is 12.7. The van der Waals surface area contributed by atoms with Gasteiger partial charge >= 0.3 is 5.69 Å². The van der Waals surface area contributed by atoms with Crippen molar-refractivity contribution in [3.63, 3.8) is 0 Å². The van der Waals surface area contributed by atoms with Crippen LogP contribution in [0.25, 0.3) is 11.2 Å². The lowest BCUT2D eigenvalue weighted by molar-refractivity contribution is -0.115. The summed E-state index contributed by atoms with van der Waals surface area (Å²) in [5.41, 5.74) is 6.29. The molecule has 2 N–H and O–H groups in total. The number of hydrogen-bond donors (Lipinski definition) is 1. The molecule has 9 heteroatoms. The number of rotatable bonds is 7. The molecule has 0 atom stereocenters. The van der Waals surface area contributed by atoms with Crippen LogP contribution in [0.4, 0.5) is 0 Å².